The lowest BCUT2D eigenvalue weighted by molar-refractivity contribution is -0.190. The lowest BCUT2D eigenvalue weighted by Gasteiger charge is -2.48. The Kier molecular flexibility index (Phi) is 5.61. The molecule has 0 spiro atoms. The Morgan fingerprint density at radius 1 is 1.21 bits per heavy atom. The normalized spacial score (nSPS) is 25.8. The number of nitrogens with zero attached hydrogens (tertiary/aromatic N) is 2. The molecule has 1 amide bonds. The molecule has 2 aliphatic rings. The van der Waals surface area contributed by atoms with Crippen molar-refractivity contribution in [3.63, 3.8) is 0 Å². The summed E-state index contributed by atoms with van der Waals surface area (Å²) in [6, 6.07) is -0.935. The largest absolute Gasteiger partial charge is 0.456 e. The maximum Gasteiger partial charge on any atom is 0.303 e. The number of hydrogen-bond acceptors (Lipinski definition) is 10. The molecule has 1 aromatic rings. The molecule has 0 aromatic carbocycles. The first kappa shape index (κ1) is 20.1. The molecular formula is C16H20N4O7S. The van der Waals surface area contributed by atoms with Crippen molar-refractivity contribution in [3.05, 3.63) is 10.4 Å². The van der Waals surface area contributed by atoms with E-state index < -0.39 is 47.9 Å². The summed E-state index contributed by atoms with van der Waals surface area (Å²) in [5.74, 6) is -1.52. The molecule has 0 saturated carbocycles. The van der Waals surface area contributed by atoms with Crippen molar-refractivity contribution in [1.29, 1.82) is 0 Å². The van der Waals surface area contributed by atoms with Gasteiger partial charge in [0.2, 0.25) is 5.91 Å². The van der Waals surface area contributed by atoms with Crippen LogP contribution in [0.25, 0.3) is 0 Å². The van der Waals surface area contributed by atoms with Crippen molar-refractivity contribution in [2.75, 3.05) is 23.1 Å². The number of amides is 1. The van der Waals surface area contributed by atoms with E-state index in [9.17, 15) is 19.2 Å². The first-order valence-corrected chi connectivity index (χ1v) is 9.66. The number of esters is 2. The van der Waals surface area contributed by atoms with Gasteiger partial charge in [-0.2, -0.15) is 0 Å². The molecule has 28 heavy (non-hydrogen) atoms. The van der Waals surface area contributed by atoms with Crippen LogP contribution in [0, 0.1) is 0 Å². The van der Waals surface area contributed by atoms with Crippen LogP contribution >= 0.6 is 11.8 Å². The van der Waals surface area contributed by atoms with E-state index in [1.54, 1.807) is 6.26 Å². The zero-order valence-electron chi connectivity index (χ0n) is 15.7. The second-order valence-corrected chi connectivity index (χ2v) is 7.07. The summed E-state index contributed by atoms with van der Waals surface area (Å²) in [6.07, 6.45) is -1.05. The summed E-state index contributed by atoms with van der Waals surface area (Å²) in [6.45, 7) is 3.63. The molecule has 2 N–H and O–H groups in total. The van der Waals surface area contributed by atoms with Crippen LogP contribution in [-0.4, -0.2) is 65.2 Å². The van der Waals surface area contributed by atoms with Crippen LogP contribution in [-0.2, 0) is 28.6 Å². The number of nitrogens with one attached hydrogen (secondary N) is 2. The Morgan fingerprint density at radius 3 is 2.46 bits per heavy atom. The number of aromatic amines is 1. The summed E-state index contributed by atoms with van der Waals surface area (Å²) < 4.78 is 16.3. The zero-order valence-corrected chi connectivity index (χ0v) is 16.5. The molecule has 1 fully saturated rings. The standard InChI is InChI=1S/C16H20N4O7S/c1-6(21)20-10-12(27-8(3)23)9(26-7(2)22)5-25-15(10)17-13-11(20)14(24)19-16(18-13)28-4/h9-10,12,15H,5H2,1-4H3,(H2,17,18,19,24)/t9-,10+,12-,15-/m0/s1. The van der Waals surface area contributed by atoms with Crippen LogP contribution < -0.4 is 15.8 Å². The van der Waals surface area contributed by atoms with E-state index >= 15 is 0 Å². The van der Waals surface area contributed by atoms with Crippen molar-refractivity contribution in [1.82, 2.24) is 9.97 Å². The monoisotopic (exact) mass is 412 g/mol. The average Bonchev–Trinajstić information content (AvgIpc) is 2.60. The van der Waals surface area contributed by atoms with Gasteiger partial charge < -0.3 is 19.5 Å². The Morgan fingerprint density at radius 2 is 1.89 bits per heavy atom. The predicted octanol–water partition coefficient (Wildman–Crippen LogP) is -0.142. The van der Waals surface area contributed by atoms with Gasteiger partial charge >= 0.3 is 11.9 Å². The van der Waals surface area contributed by atoms with Crippen LogP contribution in [0.5, 0.6) is 0 Å². The van der Waals surface area contributed by atoms with E-state index in [2.05, 4.69) is 15.3 Å². The van der Waals surface area contributed by atoms with E-state index in [1.807, 2.05) is 0 Å². The molecule has 3 rings (SSSR count). The smallest absolute Gasteiger partial charge is 0.303 e. The molecule has 1 saturated heterocycles. The van der Waals surface area contributed by atoms with Gasteiger partial charge in [0, 0.05) is 20.8 Å². The van der Waals surface area contributed by atoms with Gasteiger partial charge in [0.25, 0.3) is 5.56 Å². The fraction of sp³-hybridized carbons (Fsp3) is 0.562. The summed E-state index contributed by atoms with van der Waals surface area (Å²) in [7, 11) is 0. The summed E-state index contributed by atoms with van der Waals surface area (Å²) in [5.41, 5.74) is -0.553. The van der Waals surface area contributed by atoms with Crippen LogP contribution in [0.15, 0.2) is 9.95 Å². The number of thioether (sulfide) groups is 1. The van der Waals surface area contributed by atoms with E-state index in [0.717, 1.165) is 0 Å². The molecule has 0 radical (unpaired) electrons. The summed E-state index contributed by atoms with van der Waals surface area (Å²) in [5, 5.41) is 3.35. The number of anilines is 2. The highest BCUT2D eigenvalue weighted by atomic mass is 32.2. The first-order valence-electron chi connectivity index (χ1n) is 8.43. The van der Waals surface area contributed by atoms with Gasteiger partial charge in [0.05, 0.1) is 6.61 Å². The van der Waals surface area contributed by atoms with Crippen molar-refractivity contribution < 1.29 is 28.6 Å². The molecule has 0 unspecified atom stereocenters. The molecule has 152 valence electrons. The Hall–Kier alpha value is -2.60. The maximum absolute atomic E-state index is 12.6. The van der Waals surface area contributed by atoms with Gasteiger partial charge in [-0.05, 0) is 6.26 Å². The molecule has 1 aromatic heterocycles. The zero-order chi connectivity index (χ0) is 20.6. The number of carbonyl (C=O) groups is 3. The fourth-order valence-electron chi connectivity index (χ4n) is 3.36. The topological polar surface area (TPSA) is 140 Å². The van der Waals surface area contributed by atoms with Crippen molar-refractivity contribution in [2.45, 2.75) is 50.4 Å². The third-order valence-electron chi connectivity index (χ3n) is 4.30. The Bertz CT molecular complexity index is 873. The van der Waals surface area contributed by atoms with Gasteiger partial charge in [-0.1, -0.05) is 11.8 Å². The highest BCUT2D eigenvalue weighted by Gasteiger charge is 2.52. The van der Waals surface area contributed by atoms with Crippen molar-refractivity contribution in [3.8, 4) is 0 Å². The quantitative estimate of drug-likeness (QED) is 0.391. The highest BCUT2D eigenvalue weighted by molar-refractivity contribution is 7.98. The SMILES string of the molecule is CSc1nc2c(c(=O)[nH]1)N(C(C)=O)[C@@H]1[C@@H](OC(C)=O)[C@@H](OC(C)=O)CO[C@@H]1N2. The number of fused-ring (bicyclic) bond motifs is 2. The second-order valence-electron chi connectivity index (χ2n) is 6.27. The Labute approximate surface area is 164 Å². The average molecular weight is 412 g/mol. The second kappa shape index (κ2) is 7.80. The van der Waals surface area contributed by atoms with Crippen molar-refractivity contribution >= 4 is 41.1 Å². The highest BCUT2D eigenvalue weighted by Crippen LogP contribution is 2.36. The number of ether oxygens (including phenoxy) is 3. The van der Waals surface area contributed by atoms with E-state index in [0.29, 0.717) is 5.16 Å². The summed E-state index contributed by atoms with van der Waals surface area (Å²) in [4.78, 5) is 56.3. The van der Waals surface area contributed by atoms with Crippen LogP contribution in [0.3, 0.4) is 0 Å². The molecule has 12 heteroatoms. The molecule has 3 heterocycles. The van der Waals surface area contributed by atoms with Crippen LogP contribution in [0.4, 0.5) is 11.5 Å². The third kappa shape index (κ3) is 3.69. The van der Waals surface area contributed by atoms with E-state index in [1.165, 1.54) is 37.4 Å². The number of hydrogen-bond donors (Lipinski definition) is 2. The minimum Gasteiger partial charge on any atom is -0.456 e. The minimum atomic E-state index is -1.04. The van der Waals surface area contributed by atoms with Gasteiger partial charge in [0.1, 0.15) is 6.04 Å². The van der Waals surface area contributed by atoms with Gasteiger partial charge in [0.15, 0.2) is 35.1 Å². The number of carbonyl (C=O) groups excluding carboxylic acids is 3. The van der Waals surface area contributed by atoms with E-state index in [-0.39, 0.29) is 18.1 Å². The summed E-state index contributed by atoms with van der Waals surface area (Å²) >= 11 is 1.23. The molecule has 0 aliphatic carbocycles. The third-order valence-corrected chi connectivity index (χ3v) is 4.88. The van der Waals surface area contributed by atoms with Gasteiger partial charge in [-0.25, -0.2) is 4.98 Å². The van der Waals surface area contributed by atoms with Gasteiger partial charge in [-0.15, -0.1) is 0 Å². The fourth-order valence-corrected chi connectivity index (χ4v) is 3.74. The number of H-pyrrole nitrogens is 1. The molecule has 2 aliphatic heterocycles. The van der Waals surface area contributed by atoms with Crippen LogP contribution in [0.2, 0.25) is 0 Å². The molecule has 11 nitrogen and oxygen atoms in total. The molecule has 4 atom stereocenters. The maximum atomic E-state index is 12.6. The Balaban J connectivity index is 2.11. The lowest BCUT2D eigenvalue weighted by atomic mass is 9.96. The molecule has 0 bridgehead atoms. The predicted molar refractivity (Wildman–Crippen MR) is 98.1 cm³/mol. The minimum absolute atomic E-state index is 0.0178. The first-order chi connectivity index (χ1) is 13.2. The van der Waals surface area contributed by atoms with Gasteiger partial charge in [-0.3, -0.25) is 29.1 Å². The number of aromatic nitrogens is 2. The lowest BCUT2D eigenvalue weighted by Crippen LogP contribution is -2.68. The number of rotatable bonds is 3. The van der Waals surface area contributed by atoms with Crippen LogP contribution in [0.1, 0.15) is 20.8 Å². The van der Waals surface area contributed by atoms with E-state index in [4.69, 9.17) is 14.2 Å². The van der Waals surface area contributed by atoms with Crippen molar-refractivity contribution in [2.24, 2.45) is 0 Å². The molecular weight excluding hydrogens is 392 g/mol.